The van der Waals surface area contributed by atoms with Gasteiger partial charge in [-0.25, -0.2) is 0 Å². The molecule has 5 heteroatoms. The number of fused-ring (bicyclic) bond motifs is 6. The Morgan fingerprint density at radius 3 is 1.68 bits per heavy atom. The number of benzene rings is 7. The van der Waals surface area contributed by atoms with Crippen LogP contribution in [0.15, 0.2) is 152 Å². The van der Waals surface area contributed by atoms with E-state index in [0.717, 1.165) is 77.2 Å². The summed E-state index contributed by atoms with van der Waals surface area (Å²) in [7, 11) is 0. The summed E-state index contributed by atoms with van der Waals surface area (Å²) in [6, 6.07) is 57.8. The average molecular weight is 636 g/mol. The quantitative estimate of drug-likeness (QED) is 0.193. The number of hydrogen-bond acceptors (Lipinski definition) is 3. The Balaban J connectivity index is 1.32. The van der Waals surface area contributed by atoms with Crippen LogP contribution in [0.4, 0.5) is 0 Å². The number of nitriles is 3. The highest BCUT2D eigenvalue weighted by Crippen LogP contribution is 2.42. The average Bonchev–Trinajstić information content (AvgIpc) is 3.70. The van der Waals surface area contributed by atoms with Gasteiger partial charge in [0.1, 0.15) is 0 Å². The van der Waals surface area contributed by atoms with Crippen molar-refractivity contribution in [3.05, 3.63) is 168 Å². The van der Waals surface area contributed by atoms with Crippen molar-refractivity contribution in [2.24, 2.45) is 0 Å². The van der Waals surface area contributed by atoms with Gasteiger partial charge in [-0.15, -0.1) is 0 Å². The van der Waals surface area contributed by atoms with Crippen LogP contribution in [0.25, 0.3) is 77.2 Å². The highest BCUT2D eigenvalue weighted by Gasteiger charge is 2.21. The van der Waals surface area contributed by atoms with Gasteiger partial charge in [-0.2, -0.15) is 15.8 Å². The number of para-hydroxylation sites is 4. The first-order valence-corrected chi connectivity index (χ1v) is 16.3. The zero-order valence-electron chi connectivity index (χ0n) is 26.7. The van der Waals surface area contributed by atoms with Crippen LogP contribution in [-0.2, 0) is 0 Å². The number of nitrogens with zero attached hydrogens (tertiary/aromatic N) is 5. The highest BCUT2D eigenvalue weighted by atomic mass is 15.0. The second-order valence-electron chi connectivity index (χ2n) is 12.3. The molecule has 9 aromatic rings. The molecule has 0 bridgehead atoms. The van der Waals surface area contributed by atoms with Crippen LogP contribution >= 0.6 is 0 Å². The third-order valence-electron chi connectivity index (χ3n) is 9.60. The van der Waals surface area contributed by atoms with Gasteiger partial charge >= 0.3 is 0 Å². The van der Waals surface area contributed by atoms with Gasteiger partial charge in [-0.1, -0.05) is 84.9 Å². The van der Waals surface area contributed by atoms with E-state index in [4.69, 9.17) is 0 Å². The minimum Gasteiger partial charge on any atom is -0.309 e. The Morgan fingerprint density at radius 1 is 0.400 bits per heavy atom. The monoisotopic (exact) mass is 635 g/mol. The Morgan fingerprint density at radius 2 is 1.00 bits per heavy atom. The first-order chi connectivity index (χ1) is 24.7. The molecule has 7 aromatic carbocycles. The fourth-order valence-electron chi connectivity index (χ4n) is 7.51. The van der Waals surface area contributed by atoms with Crippen LogP contribution in [0.1, 0.15) is 16.7 Å². The Hall–Kier alpha value is -7.39. The normalized spacial score (nSPS) is 11.1. The first-order valence-electron chi connectivity index (χ1n) is 16.3. The largest absolute Gasteiger partial charge is 0.309 e. The lowest BCUT2D eigenvalue weighted by atomic mass is 9.88. The molecular formula is C45H25N5. The maximum Gasteiger partial charge on any atom is 0.0998 e. The molecule has 0 amide bonds. The van der Waals surface area contributed by atoms with Gasteiger partial charge in [-0.05, 0) is 77.9 Å². The molecule has 0 atom stereocenters. The molecule has 0 aliphatic heterocycles. The van der Waals surface area contributed by atoms with E-state index < -0.39 is 0 Å². The predicted octanol–water partition coefficient (Wildman–Crippen LogP) is 10.8. The molecule has 0 aliphatic carbocycles. The fourth-order valence-corrected chi connectivity index (χ4v) is 7.51. The van der Waals surface area contributed by atoms with Crippen molar-refractivity contribution in [2.45, 2.75) is 0 Å². The molecular weight excluding hydrogens is 611 g/mol. The summed E-state index contributed by atoms with van der Waals surface area (Å²) in [5, 5.41) is 34.8. The zero-order valence-corrected chi connectivity index (χ0v) is 26.7. The Kier molecular flexibility index (Phi) is 6.56. The van der Waals surface area contributed by atoms with Gasteiger partial charge in [0.2, 0.25) is 0 Å². The molecule has 0 unspecified atom stereocenters. The smallest absolute Gasteiger partial charge is 0.0998 e. The summed E-state index contributed by atoms with van der Waals surface area (Å²) in [6.45, 7) is 0. The van der Waals surface area contributed by atoms with Crippen molar-refractivity contribution in [1.29, 1.82) is 15.8 Å². The Bertz CT molecular complexity index is 2920. The maximum absolute atomic E-state index is 10.6. The summed E-state index contributed by atoms with van der Waals surface area (Å²) in [5.74, 6) is 0. The highest BCUT2D eigenvalue weighted by molar-refractivity contribution is 6.11. The molecule has 0 aliphatic rings. The summed E-state index contributed by atoms with van der Waals surface area (Å²) >= 11 is 0. The second-order valence-corrected chi connectivity index (χ2v) is 12.3. The van der Waals surface area contributed by atoms with Gasteiger partial charge in [-0.3, -0.25) is 0 Å². The molecule has 9 rings (SSSR count). The van der Waals surface area contributed by atoms with Gasteiger partial charge < -0.3 is 9.13 Å². The Labute approximate surface area is 287 Å². The minimum atomic E-state index is 0.418. The van der Waals surface area contributed by atoms with Gasteiger partial charge in [0.15, 0.2) is 0 Å². The van der Waals surface area contributed by atoms with Crippen LogP contribution in [0, 0.1) is 34.0 Å². The van der Waals surface area contributed by atoms with Gasteiger partial charge in [0.25, 0.3) is 0 Å². The molecule has 230 valence electrons. The lowest BCUT2D eigenvalue weighted by Gasteiger charge is -2.19. The molecule has 0 fully saturated rings. The van der Waals surface area contributed by atoms with E-state index in [0.29, 0.717) is 16.7 Å². The molecule has 0 spiro atoms. The van der Waals surface area contributed by atoms with Crippen LogP contribution < -0.4 is 0 Å². The molecule has 5 nitrogen and oxygen atoms in total. The topological polar surface area (TPSA) is 81.2 Å². The standard InChI is InChI=1S/C45H25N5/c46-26-29-20-21-44-39(23-29)36-14-3-5-16-40(36)49(44)33-11-9-10-31(25-33)38-24-30(27-47)22-32(28-48)45(38)37-15-4-8-19-43(37)50-41-17-6-1-12-34(41)35-13-2-7-18-42(35)50/h1-25H. The lowest BCUT2D eigenvalue weighted by molar-refractivity contribution is 1.18. The lowest BCUT2D eigenvalue weighted by Crippen LogP contribution is -2.00. The molecule has 2 heterocycles. The molecule has 0 saturated heterocycles. The molecule has 2 aromatic heterocycles. The fraction of sp³-hybridized carbons (Fsp3) is 0. The van der Waals surface area contributed by atoms with Crippen LogP contribution in [0.3, 0.4) is 0 Å². The van der Waals surface area contributed by atoms with Gasteiger partial charge in [0.05, 0.1) is 62.7 Å². The minimum absolute atomic E-state index is 0.418. The molecule has 50 heavy (non-hydrogen) atoms. The van der Waals surface area contributed by atoms with E-state index in [1.165, 1.54) is 0 Å². The van der Waals surface area contributed by atoms with Crippen LogP contribution in [0.2, 0.25) is 0 Å². The summed E-state index contributed by atoms with van der Waals surface area (Å²) < 4.78 is 4.48. The number of rotatable bonds is 4. The van der Waals surface area contributed by atoms with Crippen LogP contribution in [-0.4, -0.2) is 9.13 Å². The summed E-state index contributed by atoms with van der Waals surface area (Å²) in [5.41, 5.74) is 10.8. The second kappa shape index (κ2) is 11.4. The van der Waals surface area contributed by atoms with Crippen molar-refractivity contribution in [3.8, 4) is 51.8 Å². The van der Waals surface area contributed by atoms with E-state index in [-0.39, 0.29) is 0 Å². The van der Waals surface area contributed by atoms with Gasteiger partial charge in [0, 0.05) is 38.4 Å². The van der Waals surface area contributed by atoms with E-state index in [1.54, 1.807) is 6.07 Å². The van der Waals surface area contributed by atoms with Crippen molar-refractivity contribution in [1.82, 2.24) is 9.13 Å². The van der Waals surface area contributed by atoms with E-state index in [9.17, 15) is 15.8 Å². The first kappa shape index (κ1) is 28.8. The van der Waals surface area contributed by atoms with E-state index in [2.05, 4.69) is 112 Å². The third kappa shape index (κ3) is 4.31. The SMILES string of the molecule is N#Cc1cc(C#N)c(-c2ccccc2-n2c3ccccc3c3ccccc32)c(-c2cccc(-n3c4ccccc4c4cc(C#N)ccc43)c2)c1. The molecule has 0 N–H and O–H groups in total. The number of hydrogen-bond donors (Lipinski definition) is 0. The third-order valence-corrected chi connectivity index (χ3v) is 9.60. The van der Waals surface area contributed by atoms with Crippen molar-refractivity contribution in [2.75, 3.05) is 0 Å². The summed E-state index contributed by atoms with van der Waals surface area (Å²) in [4.78, 5) is 0. The van der Waals surface area contributed by atoms with E-state index in [1.807, 2.05) is 60.7 Å². The maximum atomic E-state index is 10.6. The zero-order chi connectivity index (χ0) is 33.8. The van der Waals surface area contributed by atoms with Crippen molar-refractivity contribution >= 4 is 43.6 Å². The van der Waals surface area contributed by atoms with Crippen molar-refractivity contribution in [3.63, 3.8) is 0 Å². The van der Waals surface area contributed by atoms with Crippen LogP contribution in [0.5, 0.6) is 0 Å². The number of aromatic nitrogens is 2. The van der Waals surface area contributed by atoms with E-state index >= 15 is 0 Å². The van der Waals surface area contributed by atoms with Crippen molar-refractivity contribution < 1.29 is 0 Å². The summed E-state index contributed by atoms with van der Waals surface area (Å²) in [6.07, 6.45) is 0. The molecule has 0 saturated carbocycles. The molecule has 0 radical (unpaired) electrons. The predicted molar refractivity (Wildman–Crippen MR) is 200 cm³/mol.